The monoisotopic (exact) mass is 503 g/mol. The average Bonchev–Trinajstić information content (AvgIpc) is 2.88. The molecule has 0 heterocycles. The lowest BCUT2D eigenvalue weighted by atomic mass is 10.1. The number of unbranched alkanes of at least 4 members (excludes halogenated alkanes) is 4. The molecule has 0 aliphatic rings. The number of hydrogen-bond donors (Lipinski definition) is 3. The van der Waals surface area contributed by atoms with Crippen molar-refractivity contribution in [3.05, 3.63) is 89.5 Å². The molecular weight excluding hydrogens is 470 g/mol. The van der Waals surface area contributed by atoms with Crippen molar-refractivity contribution >= 4 is 40.5 Å². The molecule has 6 nitrogen and oxygen atoms in total. The van der Waals surface area contributed by atoms with Gasteiger partial charge < -0.3 is 15.4 Å². The number of carbonyl (C=O) groups is 2. The Labute approximate surface area is 218 Å². The van der Waals surface area contributed by atoms with E-state index in [9.17, 15) is 9.59 Å². The van der Waals surface area contributed by atoms with E-state index in [-0.39, 0.29) is 16.9 Å². The van der Waals surface area contributed by atoms with Gasteiger partial charge in [-0.3, -0.25) is 14.9 Å². The second kappa shape index (κ2) is 14.0. The van der Waals surface area contributed by atoms with Crippen molar-refractivity contribution in [3.8, 4) is 5.75 Å². The number of nitrogens with one attached hydrogen (secondary N) is 3. The molecule has 7 heteroatoms. The van der Waals surface area contributed by atoms with Crippen LogP contribution in [0.5, 0.6) is 5.75 Å². The third-order valence-corrected chi connectivity index (χ3v) is 5.83. The number of thiocarbonyl (C=S) groups is 1. The summed E-state index contributed by atoms with van der Waals surface area (Å²) < 4.78 is 5.75. The van der Waals surface area contributed by atoms with Crippen LogP contribution >= 0.6 is 12.2 Å². The Bertz CT molecular complexity index is 1160. The van der Waals surface area contributed by atoms with E-state index in [2.05, 4.69) is 22.9 Å². The maximum Gasteiger partial charge on any atom is 0.257 e. The Kier molecular flexibility index (Phi) is 10.5. The Morgan fingerprint density at radius 2 is 1.50 bits per heavy atom. The van der Waals surface area contributed by atoms with Crippen LogP contribution in [0.2, 0.25) is 0 Å². The lowest BCUT2D eigenvalue weighted by Crippen LogP contribution is -2.34. The van der Waals surface area contributed by atoms with Crippen molar-refractivity contribution in [3.63, 3.8) is 0 Å². The first-order valence-corrected chi connectivity index (χ1v) is 12.7. The van der Waals surface area contributed by atoms with Gasteiger partial charge >= 0.3 is 0 Å². The summed E-state index contributed by atoms with van der Waals surface area (Å²) in [7, 11) is 0. The molecule has 0 radical (unpaired) electrons. The minimum absolute atomic E-state index is 0.175. The van der Waals surface area contributed by atoms with Gasteiger partial charge in [-0.2, -0.15) is 0 Å². The van der Waals surface area contributed by atoms with E-state index in [0.29, 0.717) is 29.1 Å². The van der Waals surface area contributed by atoms with E-state index in [1.165, 1.54) is 25.7 Å². The summed E-state index contributed by atoms with van der Waals surface area (Å²) in [4.78, 5) is 25.0. The molecule has 0 saturated carbocycles. The topological polar surface area (TPSA) is 79.5 Å². The van der Waals surface area contributed by atoms with E-state index in [0.717, 1.165) is 17.7 Å². The van der Waals surface area contributed by atoms with Crippen LogP contribution in [0.25, 0.3) is 0 Å². The molecule has 0 saturated heterocycles. The summed E-state index contributed by atoms with van der Waals surface area (Å²) in [6.07, 6.45) is 5.93. The summed E-state index contributed by atoms with van der Waals surface area (Å²) in [5.74, 6) is 0.269. The number of aryl methyl sites for hydroxylation is 1. The van der Waals surface area contributed by atoms with Gasteiger partial charge in [0.2, 0.25) is 0 Å². The molecule has 0 bridgehead atoms. The zero-order chi connectivity index (χ0) is 25.8. The fraction of sp³-hybridized carbons (Fsp3) is 0.276. The maximum atomic E-state index is 12.6. The molecule has 188 valence electrons. The van der Waals surface area contributed by atoms with Gasteiger partial charge in [0, 0.05) is 22.5 Å². The molecule has 3 aromatic rings. The van der Waals surface area contributed by atoms with Crippen LogP contribution in [-0.4, -0.2) is 23.5 Å². The summed E-state index contributed by atoms with van der Waals surface area (Å²) in [6.45, 7) is 4.77. The molecule has 3 rings (SSSR count). The van der Waals surface area contributed by atoms with Crippen LogP contribution in [0.15, 0.2) is 72.8 Å². The van der Waals surface area contributed by atoms with Gasteiger partial charge in [-0.05, 0) is 85.7 Å². The number of anilines is 2. The average molecular weight is 504 g/mol. The molecule has 0 aliphatic carbocycles. The van der Waals surface area contributed by atoms with Crippen molar-refractivity contribution in [2.75, 3.05) is 17.2 Å². The number of amides is 2. The van der Waals surface area contributed by atoms with Gasteiger partial charge in [-0.1, -0.05) is 50.8 Å². The van der Waals surface area contributed by atoms with E-state index in [4.69, 9.17) is 17.0 Å². The van der Waals surface area contributed by atoms with Crippen LogP contribution < -0.4 is 20.7 Å². The fourth-order valence-electron chi connectivity index (χ4n) is 3.60. The third-order valence-electron chi connectivity index (χ3n) is 5.63. The van der Waals surface area contributed by atoms with Gasteiger partial charge in [0.25, 0.3) is 11.8 Å². The minimum Gasteiger partial charge on any atom is -0.494 e. The highest BCUT2D eigenvalue weighted by atomic mass is 32.1. The zero-order valence-corrected chi connectivity index (χ0v) is 21.6. The van der Waals surface area contributed by atoms with E-state index in [1.807, 2.05) is 31.2 Å². The minimum atomic E-state index is -0.304. The number of hydrogen-bond acceptors (Lipinski definition) is 4. The van der Waals surface area contributed by atoms with E-state index >= 15 is 0 Å². The van der Waals surface area contributed by atoms with Crippen molar-refractivity contribution in [2.24, 2.45) is 0 Å². The molecule has 2 amide bonds. The van der Waals surface area contributed by atoms with Gasteiger partial charge in [0.1, 0.15) is 5.75 Å². The SMILES string of the molecule is CCCCCCCOc1ccc(C(=O)NC(=S)Nc2ccc(NC(=O)c3ccccc3)c(C)c2)cc1. The highest BCUT2D eigenvalue weighted by Gasteiger charge is 2.11. The quantitative estimate of drug-likeness (QED) is 0.200. The molecule has 0 aromatic heterocycles. The smallest absolute Gasteiger partial charge is 0.257 e. The molecule has 0 fully saturated rings. The first kappa shape index (κ1) is 26.9. The second-order valence-corrected chi connectivity index (χ2v) is 8.95. The van der Waals surface area contributed by atoms with Crippen molar-refractivity contribution in [2.45, 2.75) is 46.0 Å². The highest BCUT2D eigenvalue weighted by Crippen LogP contribution is 2.21. The normalized spacial score (nSPS) is 10.4. The number of benzene rings is 3. The molecule has 3 aromatic carbocycles. The summed E-state index contributed by atoms with van der Waals surface area (Å²) in [5, 5.41) is 8.81. The second-order valence-electron chi connectivity index (χ2n) is 8.55. The molecule has 0 unspecified atom stereocenters. The van der Waals surface area contributed by atoms with Gasteiger partial charge in [0.05, 0.1) is 6.61 Å². The van der Waals surface area contributed by atoms with Crippen LogP contribution in [0.1, 0.15) is 65.3 Å². The van der Waals surface area contributed by atoms with Gasteiger partial charge in [-0.15, -0.1) is 0 Å². The summed E-state index contributed by atoms with van der Waals surface area (Å²) in [6, 6.07) is 21.5. The predicted molar refractivity (Wildman–Crippen MR) is 150 cm³/mol. The van der Waals surface area contributed by atoms with Crippen molar-refractivity contribution < 1.29 is 14.3 Å². The molecule has 3 N–H and O–H groups in total. The lowest BCUT2D eigenvalue weighted by Gasteiger charge is -2.13. The van der Waals surface area contributed by atoms with E-state index < -0.39 is 0 Å². The Morgan fingerprint density at radius 3 is 2.19 bits per heavy atom. The Morgan fingerprint density at radius 1 is 0.806 bits per heavy atom. The van der Waals surface area contributed by atoms with Gasteiger partial charge in [0.15, 0.2) is 5.11 Å². The first-order chi connectivity index (χ1) is 17.5. The number of ether oxygens (including phenoxy) is 1. The number of carbonyl (C=O) groups excluding carboxylic acids is 2. The largest absolute Gasteiger partial charge is 0.494 e. The molecular formula is C29H33N3O3S. The maximum absolute atomic E-state index is 12.6. The zero-order valence-electron chi connectivity index (χ0n) is 20.8. The van der Waals surface area contributed by atoms with Crippen LogP contribution in [0, 0.1) is 6.92 Å². The lowest BCUT2D eigenvalue weighted by molar-refractivity contribution is 0.0976. The third kappa shape index (κ3) is 8.50. The highest BCUT2D eigenvalue weighted by molar-refractivity contribution is 7.80. The summed E-state index contributed by atoms with van der Waals surface area (Å²) >= 11 is 5.31. The van der Waals surface area contributed by atoms with Crippen molar-refractivity contribution in [1.29, 1.82) is 0 Å². The number of rotatable bonds is 11. The van der Waals surface area contributed by atoms with Crippen LogP contribution in [-0.2, 0) is 0 Å². The fourth-order valence-corrected chi connectivity index (χ4v) is 3.81. The molecule has 36 heavy (non-hydrogen) atoms. The Hall–Kier alpha value is -3.71. The molecule has 0 spiro atoms. The predicted octanol–water partition coefficient (Wildman–Crippen LogP) is 6.72. The first-order valence-electron chi connectivity index (χ1n) is 12.3. The van der Waals surface area contributed by atoms with Gasteiger partial charge in [-0.25, -0.2) is 0 Å². The Balaban J connectivity index is 1.47. The molecule has 0 atom stereocenters. The summed E-state index contributed by atoms with van der Waals surface area (Å²) in [5.41, 5.74) is 3.35. The van der Waals surface area contributed by atoms with E-state index in [1.54, 1.807) is 48.5 Å². The van der Waals surface area contributed by atoms with Crippen LogP contribution in [0.4, 0.5) is 11.4 Å². The molecule has 0 aliphatic heterocycles. The van der Waals surface area contributed by atoms with Crippen molar-refractivity contribution in [1.82, 2.24) is 5.32 Å². The van der Waals surface area contributed by atoms with Crippen LogP contribution in [0.3, 0.4) is 0 Å². The standard InChI is InChI=1S/C29H33N3O3S/c1-3-4-5-6-10-19-35-25-16-13-23(14-17-25)28(34)32-29(36)30-24-15-18-26(21(2)20-24)31-27(33)22-11-8-7-9-12-22/h7-9,11-18,20H,3-6,10,19H2,1-2H3,(H,31,33)(H2,30,32,34,36).